The lowest BCUT2D eigenvalue weighted by atomic mass is 10.2. The molecule has 14 heavy (non-hydrogen) atoms. The average molecular weight is 277 g/mol. The molecule has 0 bridgehead atoms. The van der Waals surface area contributed by atoms with Gasteiger partial charge in [0.15, 0.2) is 0 Å². The van der Waals surface area contributed by atoms with E-state index in [9.17, 15) is 0 Å². The van der Waals surface area contributed by atoms with Gasteiger partial charge in [-0.3, -0.25) is 4.90 Å². The summed E-state index contributed by atoms with van der Waals surface area (Å²) in [6, 6.07) is 2.53. The highest BCUT2D eigenvalue weighted by Gasteiger charge is 2.16. The van der Waals surface area contributed by atoms with Gasteiger partial charge in [-0.2, -0.15) is 0 Å². The van der Waals surface area contributed by atoms with Gasteiger partial charge in [0.25, 0.3) is 0 Å². The van der Waals surface area contributed by atoms with Crippen LogP contribution in [0.25, 0.3) is 0 Å². The summed E-state index contributed by atoms with van der Waals surface area (Å²) >= 11 is 5.24. The fourth-order valence-electron chi connectivity index (χ4n) is 1.52. The van der Waals surface area contributed by atoms with Crippen LogP contribution < -0.4 is 5.73 Å². The summed E-state index contributed by atoms with van der Waals surface area (Å²) in [6.45, 7) is 3.97. The normalized spacial score (nSPS) is 13.5. The van der Waals surface area contributed by atoms with Crippen molar-refractivity contribution in [1.29, 1.82) is 0 Å². The van der Waals surface area contributed by atoms with E-state index in [2.05, 4.69) is 46.2 Å². The molecule has 1 rings (SSSR count). The second kappa shape index (κ2) is 5.85. The van der Waals surface area contributed by atoms with Gasteiger partial charge in [0.05, 0.1) is 6.04 Å². The van der Waals surface area contributed by atoms with Crippen molar-refractivity contribution in [2.45, 2.75) is 19.4 Å². The van der Waals surface area contributed by atoms with Gasteiger partial charge in [-0.05, 0) is 42.0 Å². The van der Waals surface area contributed by atoms with E-state index >= 15 is 0 Å². The van der Waals surface area contributed by atoms with Crippen LogP contribution >= 0.6 is 27.3 Å². The standard InChI is InChI=1S/C10H17BrN2S/c1-3-4-13(2)9(6-12)10-5-8(11)7-14-10/h5,7,9H,3-4,6,12H2,1-2H3. The summed E-state index contributed by atoms with van der Waals surface area (Å²) in [5.41, 5.74) is 5.79. The lowest BCUT2D eigenvalue weighted by molar-refractivity contribution is 0.254. The third kappa shape index (κ3) is 3.05. The van der Waals surface area contributed by atoms with E-state index in [0.717, 1.165) is 11.0 Å². The number of hydrogen-bond acceptors (Lipinski definition) is 3. The van der Waals surface area contributed by atoms with Crippen molar-refractivity contribution in [2.24, 2.45) is 5.73 Å². The Morgan fingerprint density at radius 3 is 2.79 bits per heavy atom. The van der Waals surface area contributed by atoms with Crippen LogP contribution in [0.2, 0.25) is 0 Å². The van der Waals surface area contributed by atoms with Crippen LogP contribution in [-0.2, 0) is 0 Å². The Morgan fingerprint density at radius 1 is 1.64 bits per heavy atom. The summed E-state index contributed by atoms with van der Waals surface area (Å²) in [5, 5.41) is 2.11. The Labute approximate surface area is 98.2 Å². The molecular formula is C10H17BrN2S. The fourth-order valence-corrected chi connectivity index (χ4v) is 3.15. The van der Waals surface area contributed by atoms with E-state index < -0.39 is 0 Å². The van der Waals surface area contributed by atoms with Crippen molar-refractivity contribution in [3.63, 3.8) is 0 Å². The first-order valence-electron chi connectivity index (χ1n) is 4.83. The number of likely N-dealkylation sites (N-methyl/N-ethyl adjacent to an activating group) is 1. The number of halogens is 1. The van der Waals surface area contributed by atoms with Crippen LogP contribution in [-0.4, -0.2) is 25.0 Å². The van der Waals surface area contributed by atoms with Crippen LogP contribution in [0.15, 0.2) is 15.9 Å². The van der Waals surface area contributed by atoms with Gasteiger partial charge in [0, 0.05) is 21.3 Å². The zero-order chi connectivity index (χ0) is 10.6. The molecule has 0 aromatic carbocycles. The van der Waals surface area contributed by atoms with Crippen LogP contribution in [0.5, 0.6) is 0 Å². The van der Waals surface area contributed by atoms with E-state index in [1.54, 1.807) is 11.3 Å². The molecule has 1 atom stereocenters. The van der Waals surface area contributed by atoms with Gasteiger partial charge in [-0.25, -0.2) is 0 Å². The molecular weight excluding hydrogens is 260 g/mol. The second-order valence-electron chi connectivity index (χ2n) is 3.40. The molecule has 2 N–H and O–H groups in total. The fraction of sp³-hybridized carbons (Fsp3) is 0.600. The van der Waals surface area contributed by atoms with E-state index in [-0.39, 0.29) is 0 Å². The quantitative estimate of drug-likeness (QED) is 0.896. The van der Waals surface area contributed by atoms with Crippen molar-refractivity contribution in [3.05, 3.63) is 20.8 Å². The largest absolute Gasteiger partial charge is 0.329 e. The van der Waals surface area contributed by atoms with E-state index in [0.29, 0.717) is 12.6 Å². The average Bonchev–Trinajstić information content (AvgIpc) is 2.54. The molecule has 0 saturated heterocycles. The van der Waals surface area contributed by atoms with E-state index in [4.69, 9.17) is 5.73 Å². The minimum Gasteiger partial charge on any atom is -0.329 e. The zero-order valence-electron chi connectivity index (χ0n) is 8.66. The highest BCUT2D eigenvalue weighted by Crippen LogP contribution is 2.28. The van der Waals surface area contributed by atoms with Crippen molar-refractivity contribution in [1.82, 2.24) is 4.90 Å². The highest BCUT2D eigenvalue weighted by atomic mass is 79.9. The Bertz CT molecular complexity index is 275. The van der Waals surface area contributed by atoms with Crippen LogP contribution in [0.3, 0.4) is 0 Å². The van der Waals surface area contributed by atoms with Gasteiger partial charge in [-0.15, -0.1) is 11.3 Å². The Balaban J connectivity index is 2.71. The van der Waals surface area contributed by atoms with Crippen molar-refractivity contribution < 1.29 is 0 Å². The molecule has 0 spiro atoms. The molecule has 0 aliphatic heterocycles. The predicted molar refractivity (Wildman–Crippen MR) is 66.7 cm³/mol. The van der Waals surface area contributed by atoms with Crippen LogP contribution in [0.4, 0.5) is 0 Å². The molecule has 2 nitrogen and oxygen atoms in total. The predicted octanol–water partition coefficient (Wildman–Crippen LogP) is 2.85. The van der Waals surface area contributed by atoms with Gasteiger partial charge >= 0.3 is 0 Å². The summed E-state index contributed by atoms with van der Waals surface area (Å²) in [5.74, 6) is 0. The van der Waals surface area contributed by atoms with Crippen LogP contribution in [0, 0.1) is 0 Å². The van der Waals surface area contributed by atoms with Gasteiger partial charge in [-0.1, -0.05) is 6.92 Å². The first-order valence-corrected chi connectivity index (χ1v) is 6.50. The number of nitrogens with two attached hydrogens (primary N) is 1. The maximum atomic E-state index is 5.79. The molecule has 1 aromatic heterocycles. The zero-order valence-corrected chi connectivity index (χ0v) is 11.1. The molecule has 0 aliphatic carbocycles. The second-order valence-corrected chi connectivity index (χ2v) is 5.26. The molecule has 0 fully saturated rings. The molecule has 0 aliphatic rings. The third-order valence-corrected chi connectivity index (χ3v) is 4.04. The lowest BCUT2D eigenvalue weighted by Gasteiger charge is -2.25. The van der Waals surface area contributed by atoms with Gasteiger partial charge in [0.1, 0.15) is 0 Å². The number of rotatable bonds is 5. The third-order valence-electron chi connectivity index (χ3n) is 2.25. The SMILES string of the molecule is CCCN(C)C(CN)c1cc(Br)cs1. The molecule has 0 radical (unpaired) electrons. The summed E-state index contributed by atoms with van der Waals surface area (Å²) < 4.78 is 1.15. The first-order chi connectivity index (χ1) is 6.69. The van der Waals surface area contributed by atoms with E-state index in [1.807, 2.05) is 0 Å². The van der Waals surface area contributed by atoms with Gasteiger partial charge in [0.2, 0.25) is 0 Å². The topological polar surface area (TPSA) is 29.3 Å². The molecule has 1 unspecified atom stereocenters. The van der Waals surface area contributed by atoms with Gasteiger partial charge < -0.3 is 5.73 Å². The summed E-state index contributed by atoms with van der Waals surface area (Å²) in [7, 11) is 2.13. The molecule has 4 heteroatoms. The number of hydrogen-bond donors (Lipinski definition) is 1. The van der Waals surface area contributed by atoms with Crippen molar-refractivity contribution in [2.75, 3.05) is 20.1 Å². The number of nitrogens with zero attached hydrogens (tertiary/aromatic N) is 1. The minimum absolute atomic E-state index is 0.367. The van der Waals surface area contributed by atoms with Crippen LogP contribution in [0.1, 0.15) is 24.3 Å². The number of thiophene rings is 1. The lowest BCUT2D eigenvalue weighted by Crippen LogP contribution is -2.30. The molecule has 0 saturated carbocycles. The molecule has 1 heterocycles. The van der Waals surface area contributed by atoms with E-state index in [1.165, 1.54) is 11.3 Å². The monoisotopic (exact) mass is 276 g/mol. The first kappa shape index (κ1) is 12.2. The Morgan fingerprint density at radius 2 is 2.36 bits per heavy atom. The molecule has 0 amide bonds. The smallest absolute Gasteiger partial charge is 0.0562 e. The summed E-state index contributed by atoms with van der Waals surface area (Å²) in [4.78, 5) is 3.66. The minimum atomic E-state index is 0.367. The highest BCUT2D eigenvalue weighted by molar-refractivity contribution is 9.10. The summed E-state index contributed by atoms with van der Waals surface area (Å²) in [6.07, 6.45) is 1.17. The molecule has 80 valence electrons. The maximum Gasteiger partial charge on any atom is 0.0562 e. The van der Waals surface area contributed by atoms with Crippen molar-refractivity contribution in [3.8, 4) is 0 Å². The maximum absolute atomic E-state index is 5.79. The van der Waals surface area contributed by atoms with Crippen molar-refractivity contribution >= 4 is 27.3 Å². The Kier molecular flexibility index (Phi) is 5.09. The molecule has 1 aromatic rings. The Hall–Kier alpha value is 0.1000.